The molecule has 126 valence electrons. The smallest absolute Gasteiger partial charge is 0.417 e. The Morgan fingerprint density at radius 2 is 1.87 bits per heavy atom. The third-order valence-corrected chi connectivity index (χ3v) is 4.61. The molecule has 2 fully saturated rings. The van der Waals surface area contributed by atoms with Crippen molar-refractivity contribution in [3.05, 3.63) is 28.8 Å². The number of carbonyl (C=O) groups excluding carboxylic acids is 1. The molecule has 1 aromatic carbocycles. The fraction of sp³-hybridized carbons (Fsp3) is 0.533. The summed E-state index contributed by atoms with van der Waals surface area (Å²) >= 11 is 5.65. The van der Waals surface area contributed by atoms with Crippen LogP contribution in [0.15, 0.2) is 18.2 Å². The summed E-state index contributed by atoms with van der Waals surface area (Å²) in [5.41, 5.74) is -0.325. The van der Waals surface area contributed by atoms with Gasteiger partial charge in [0.2, 0.25) is 0 Å². The number of alkyl halides is 3. The van der Waals surface area contributed by atoms with Crippen LogP contribution >= 0.6 is 11.6 Å². The molecule has 23 heavy (non-hydrogen) atoms. The molecule has 2 saturated heterocycles. The Balaban J connectivity index is 1.69. The van der Waals surface area contributed by atoms with Crippen LogP contribution in [0, 0.1) is 0 Å². The second-order valence-electron chi connectivity index (χ2n) is 5.66. The lowest BCUT2D eigenvalue weighted by molar-refractivity contribution is -0.142. The summed E-state index contributed by atoms with van der Waals surface area (Å²) < 4.78 is 43.8. The SMILES string of the molecule is O=C1OCCC1N1CCN(c2ccc(Cl)c(C(F)(F)F)c2)CC1. The highest BCUT2D eigenvalue weighted by molar-refractivity contribution is 6.31. The number of piperazine rings is 1. The van der Waals surface area contributed by atoms with Crippen molar-refractivity contribution in [2.24, 2.45) is 0 Å². The van der Waals surface area contributed by atoms with Crippen molar-refractivity contribution in [2.75, 3.05) is 37.7 Å². The zero-order chi connectivity index (χ0) is 16.6. The average molecular weight is 349 g/mol. The Bertz CT molecular complexity index is 601. The van der Waals surface area contributed by atoms with Gasteiger partial charge in [-0.2, -0.15) is 13.2 Å². The molecular formula is C15H16ClF3N2O2. The summed E-state index contributed by atoms with van der Waals surface area (Å²) in [5, 5.41) is -0.298. The number of rotatable bonds is 2. The van der Waals surface area contributed by atoms with Gasteiger partial charge < -0.3 is 9.64 Å². The Morgan fingerprint density at radius 3 is 2.43 bits per heavy atom. The molecule has 0 aromatic heterocycles. The second-order valence-corrected chi connectivity index (χ2v) is 6.06. The van der Waals surface area contributed by atoms with Gasteiger partial charge in [-0.3, -0.25) is 9.69 Å². The van der Waals surface area contributed by atoms with E-state index in [2.05, 4.69) is 0 Å². The molecule has 0 saturated carbocycles. The van der Waals surface area contributed by atoms with Crippen LogP contribution in [0.25, 0.3) is 0 Å². The first-order chi connectivity index (χ1) is 10.9. The number of ether oxygens (including phenoxy) is 1. The number of anilines is 1. The zero-order valence-corrected chi connectivity index (χ0v) is 13.0. The highest BCUT2D eigenvalue weighted by Crippen LogP contribution is 2.37. The molecule has 2 aliphatic rings. The fourth-order valence-corrected chi connectivity index (χ4v) is 3.26. The maximum absolute atomic E-state index is 12.9. The Labute approximate surface area is 136 Å². The van der Waals surface area contributed by atoms with E-state index in [-0.39, 0.29) is 17.0 Å². The molecule has 0 amide bonds. The van der Waals surface area contributed by atoms with Crippen molar-refractivity contribution in [2.45, 2.75) is 18.6 Å². The topological polar surface area (TPSA) is 32.8 Å². The van der Waals surface area contributed by atoms with Crippen molar-refractivity contribution in [3.8, 4) is 0 Å². The molecule has 0 aliphatic carbocycles. The zero-order valence-electron chi connectivity index (χ0n) is 12.3. The normalized spacial score (nSPS) is 23.2. The third-order valence-electron chi connectivity index (χ3n) is 4.28. The van der Waals surface area contributed by atoms with E-state index in [1.807, 2.05) is 9.80 Å². The van der Waals surface area contributed by atoms with E-state index in [1.54, 1.807) is 6.07 Å². The molecule has 0 spiro atoms. The predicted molar refractivity (Wildman–Crippen MR) is 79.6 cm³/mol. The van der Waals surface area contributed by atoms with Crippen LogP contribution in [0.1, 0.15) is 12.0 Å². The van der Waals surface area contributed by atoms with E-state index in [4.69, 9.17) is 16.3 Å². The van der Waals surface area contributed by atoms with Crippen LogP contribution in [-0.4, -0.2) is 49.7 Å². The third kappa shape index (κ3) is 3.40. The summed E-state index contributed by atoms with van der Waals surface area (Å²) in [7, 11) is 0. The number of carbonyl (C=O) groups is 1. The van der Waals surface area contributed by atoms with E-state index in [0.717, 1.165) is 6.07 Å². The minimum atomic E-state index is -4.47. The molecule has 8 heteroatoms. The lowest BCUT2D eigenvalue weighted by atomic mass is 10.1. The monoisotopic (exact) mass is 348 g/mol. The quantitative estimate of drug-likeness (QED) is 0.769. The molecule has 0 radical (unpaired) electrons. The number of halogens is 4. The van der Waals surface area contributed by atoms with E-state index >= 15 is 0 Å². The fourth-order valence-electron chi connectivity index (χ4n) is 3.04. The highest BCUT2D eigenvalue weighted by Gasteiger charge is 2.36. The maximum Gasteiger partial charge on any atom is 0.417 e. The van der Waals surface area contributed by atoms with Crippen molar-refractivity contribution in [3.63, 3.8) is 0 Å². The van der Waals surface area contributed by atoms with Crippen LogP contribution in [0.3, 0.4) is 0 Å². The van der Waals surface area contributed by atoms with Crippen LogP contribution in [0.2, 0.25) is 5.02 Å². The van der Waals surface area contributed by atoms with E-state index in [1.165, 1.54) is 6.07 Å². The van der Waals surface area contributed by atoms with E-state index < -0.39 is 11.7 Å². The molecule has 1 unspecified atom stereocenters. The minimum Gasteiger partial charge on any atom is -0.464 e. The van der Waals surface area contributed by atoms with Crippen LogP contribution in [0.5, 0.6) is 0 Å². The van der Waals surface area contributed by atoms with E-state index in [0.29, 0.717) is 44.9 Å². The summed E-state index contributed by atoms with van der Waals surface area (Å²) in [6.07, 6.45) is -3.79. The number of cyclic esters (lactones) is 1. The number of hydrogen-bond acceptors (Lipinski definition) is 4. The van der Waals surface area contributed by atoms with Gasteiger partial charge in [0.05, 0.1) is 17.2 Å². The first kappa shape index (κ1) is 16.4. The van der Waals surface area contributed by atoms with Gasteiger partial charge in [-0.05, 0) is 18.2 Å². The summed E-state index contributed by atoms with van der Waals surface area (Å²) in [6.45, 7) is 2.79. The largest absolute Gasteiger partial charge is 0.464 e. The van der Waals surface area contributed by atoms with Gasteiger partial charge in [0.25, 0.3) is 0 Å². The first-order valence-electron chi connectivity index (χ1n) is 7.38. The number of hydrogen-bond donors (Lipinski definition) is 0. The molecule has 3 rings (SSSR count). The Morgan fingerprint density at radius 1 is 1.17 bits per heavy atom. The van der Waals surface area contributed by atoms with Crippen LogP contribution in [-0.2, 0) is 15.7 Å². The second kappa shape index (κ2) is 6.20. The molecular weight excluding hydrogens is 333 g/mol. The van der Waals surface area contributed by atoms with Gasteiger partial charge in [0.15, 0.2) is 0 Å². The maximum atomic E-state index is 12.9. The molecule has 2 heterocycles. The molecule has 1 atom stereocenters. The molecule has 2 aliphatic heterocycles. The van der Waals surface area contributed by atoms with Gasteiger partial charge in [-0.15, -0.1) is 0 Å². The highest BCUT2D eigenvalue weighted by atomic mass is 35.5. The Hall–Kier alpha value is -1.47. The summed E-state index contributed by atoms with van der Waals surface area (Å²) in [5.74, 6) is -0.204. The standard InChI is InChI=1S/C15H16ClF3N2O2/c16-12-2-1-10(9-11(12)15(17,18)19)20-4-6-21(7-5-20)13-3-8-23-14(13)22/h1-2,9,13H,3-8H2. The van der Waals surface area contributed by atoms with Crippen molar-refractivity contribution < 1.29 is 22.7 Å². The lowest BCUT2D eigenvalue weighted by Gasteiger charge is -2.38. The van der Waals surface area contributed by atoms with Crippen LogP contribution in [0.4, 0.5) is 18.9 Å². The van der Waals surface area contributed by atoms with Gasteiger partial charge in [0.1, 0.15) is 6.04 Å². The average Bonchev–Trinajstić information content (AvgIpc) is 2.93. The molecule has 0 N–H and O–H groups in total. The van der Waals surface area contributed by atoms with Gasteiger partial charge >= 0.3 is 12.1 Å². The predicted octanol–water partition coefficient (Wildman–Crippen LogP) is 2.80. The summed E-state index contributed by atoms with van der Waals surface area (Å²) in [6, 6.07) is 3.74. The number of esters is 1. The molecule has 1 aromatic rings. The van der Waals surface area contributed by atoms with Crippen molar-refractivity contribution >= 4 is 23.3 Å². The molecule has 0 bridgehead atoms. The van der Waals surface area contributed by atoms with Crippen molar-refractivity contribution in [1.29, 1.82) is 0 Å². The van der Waals surface area contributed by atoms with Gasteiger partial charge in [-0.25, -0.2) is 0 Å². The van der Waals surface area contributed by atoms with E-state index in [9.17, 15) is 18.0 Å². The van der Waals surface area contributed by atoms with Gasteiger partial charge in [0, 0.05) is 38.3 Å². The Kier molecular flexibility index (Phi) is 4.42. The summed E-state index contributed by atoms with van der Waals surface area (Å²) in [4.78, 5) is 15.5. The van der Waals surface area contributed by atoms with Crippen molar-refractivity contribution in [1.82, 2.24) is 4.90 Å². The number of nitrogens with zero attached hydrogens (tertiary/aromatic N) is 2. The van der Waals surface area contributed by atoms with Gasteiger partial charge in [-0.1, -0.05) is 11.6 Å². The number of benzene rings is 1. The van der Waals surface area contributed by atoms with Crippen LogP contribution < -0.4 is 4.90 Å². The first-order valence-corrected chi connectivity index (χ1v) is 7.76. The lowest BCUT2D eigenvalue weighted by Crippen LogP contribution is -2.51. The minimum absolute atomic E-state index is 0.204. The molecule has 4 nitrogen and oxygen atoms in total.